The maximum Gasteiger partial charge on any atom is 0.221 e. The number of hydrogen-bond donors (Lipinski definition) is 2. The van der Waals surface area contributed by atoms with E-state index in [1.165, 1.54) is 25.7 Å². The van der Waals surface area contributed by atoms with Crippen LogP contribution in [0.2, 0.25) is 0 Å². The highest BCUT2D eigenvalue weighted by Gasteiger charge is 2.24. The molecule has 1 amide bonds. The van der Waals surface area contributed by atoms with Crippen LogP contribution in [0.15, 0.2) is 0 Å². The molecule has 1 unspecified atom stereocenters. The van der Waals surface area contributed by atoms with Crippen LogP contribution in [0.3, 0.4) is 0 Å². The van der Waals surface area contributed by atoms with E-state index in [4.69, 9.17) is 10.5 Å². The second-order valence-corrected chi connectivity index (χ2v) is 4.72. The van der Waals surface area contributed by atoms with Crippen LogP contribution < -0.4 is 11.1 Å². The standard InChI is InChI=1S/C13H26N2O2/c1-2-17-12(11-5-3-4-6-11)8-10-15-13(16)7-9-14/h11-12H,2-10,14H2,1H3,(H,15,16). The molecule has 0 spiro atoms. The Hall–Kier alpha value is -0.610. The number of carbonyl (C=O) groups is 1. The maximum atomic E-state index is 11.3. The van der Waals surface area contributed by atoms with E-state index in [9.17, 15) is 4.79 Å². The van der Waals surface area contributed by atoms with Crippen LogP contribution in [0, 0.1) is 5.92 Å². The largest absolute Gasteiger partial charge is 0.378 e. The fourth-order valence-corrected chi connectivity index (χ4v) is 2.57. The van der Waals surface area contributed by atoms with Gasteiger partial charge in [-0.05, 0) is 32.1 Å². The number of carbonyl (C=O) groups excluding carboxylic acids is 1. The summed E-state index contributed by atoms with van der Waals surface area (Å²) in [5.41, 5.74) is 5.32. The predicted octanol–water partition coefficient (Wildman–Crippen LogP) is 1.44. The summed E-state index contributed by atoms with van der Waals surface area (Å²) in [6, 6.07) is 0. The smallest absolute Gasteiger partial charge is 0.221 e. The predicted molar refractivity (Wildman–Crippen MR) is 68.7 cm³/mol. The third-order valence-corrected chi connectivity index (χ3v) is 3.43. The summed E-state index contributed by atoms with van der Waals surface area (Å²) in [7, 11) is 0. The van der Waals surface area contributed by atoms with Gasteiger partial charge < -0.3 is 15.8 Å². The molecule has 1 aliphatic rings. The van der Waals surface area contributed by atoms with Crippen LogP contribution in [-0.4, -0.2) is 31.7 Å². The average molecular weight is 242 g/mol. The van der Waals surface area contributed by atoms with Gasteiger partial charge in [0.15, 0.2) is 0 Å². The van der Waals surface area contributed by atoms with E-state index in [2.05, 4.69) is 5.32 Å². The van der Waals surface area contributed by atoms with Gasteiger partial charge in [0, 0.05) is 26.1 Å². The number of ether oxygens (including phenoxy) is 1. The monoisotopic (exact) mass is 242 g/mol. The summed E-state index contributed by atoms with van der Waals surface area (Å²) in [4.78, 5) is 11.3. The van der Waals surface area contributed by atoms with E-state index >= 15 is 0 Å². The van der Waals surface area contributed by atoms with Crippen LogP contribution in [0.1, 0.15) is 45.4 Å². The Morgan fingerprint density at radius 2 is 2.18 bits per heavy atom. The van der Waals surface area contributed by atoms with Gasteiger partial charge in [-0.2, -0.15) is 0 Å². The highest BCUT2D eigenvalue weighted by Crippen LogP contribution is 2.30. The van der Waals surface area contributed by atoms with Crippen molar-refractivity contribution in [1.82, 2.24) is 5.32 Å². The zero-order valence-electron chi connectivity index (χ0n) is 10.9. The zero-order chi connectivity index (χ0) is 12.5. The molecule has 0 bridgehead atoms. The summed E-state index contributed by atoms with van der Waals surface area (Å²) >= 11 is 0. The van der Waals surface area contributed by atoms with Gasteiger partial charge in [0.1, 0.15) is 0 Å². The summed E-state index contributed by atoms with van der Waals surface area (Å²) in [6.45, 7) is 3.93. The van der Waals surface area contributed by atoms with E-state index in [1.807, 2.05) is 6.92 Å². The Balaban J connectivity index is 2.21. The van der Waals surface area contributed by atoms with Crippen molar-refractivity contribution in [2.24, 2.45) is 11.7 Å². The first-order valence-corrected chi connectivity index (χ1v) is 6.86. The Morgan fingerprint density at radius 3 is 2.76 bits per heavy atom. The Morgan fingerprint density at radius 1 is 1.47 bits per heavy atom. The summed E-state index contributed by atoms with van der Waals surface area (Å²) < 4.78 is 5.79. The molecule has 0 aromatic rings. The number of rotatable bonds is 8. The normalized spacial score (nSPS) is 18.2. The van der Waals surface area contributed by atoms with Gasteiger partial charge in [0.2, 0.25) is 5.91 Å². The molecule has 100 valence electrons. The third-order valence-electron chi connectivity index (χ3n) is 3.43. The molecule has 3 N–H and O–H groups in total. The third kappa shape index (κ3) is 5.50. The van der Waals surface area contributed by atoms with Crippen molar-refractivity contribution in [1.29, 1.82) is 0 Å². The van der Waals surface area contributed by atoms with E-state index in [0.29, 0.717) is 31.5 Å². The minimum atomic E-state index is 0.0502. The highest BCUT2D eigenvalue weighted by molar-refractivity contribution is 5.75. The SMILES string of the molecule is CCOC(CCNC(=O)CCN)C1CCCC1. The topological polar surface area (TPSA) is 64.3 Å². The molecule has 0 saturated heterocycles. The quantitative estimate of drug-likeness (QED) is 0.677. The highest BCUT2D eigenvalue weighted by atomic mass is 16.5. The van der Waals surface area contributed by atoms with Gasteiger partial charge in [-0.3, -0.25) is 4.79 Å². The fraction of sp³-hybridized carbons (Fsp3) is 0.923. The fourth-order valence-electron chi connectivity index (χ4n) is 2.57. The summed E-state index contributed by atoms with van der Waals surface area (Å²) in [6.07, 6.45) is 6.88. The van der Waals surface area contributed by atoms with Crippen molar-refractivity contribution >= 4 is 5.91 Å². The van der Waals surface area contributed by atoms with Crippen LogP contribution in [0.25, 0.3) is 0 Å². The lowest BCUT2D eigenvalue weighted by atomic mass is 9.98. The molecule has 0 radical (unpaired) electrons. The van der Waals surface area contributed by atoms with Crippen molar-refractivity contribution in [3.63, 3.8) is 0 Å². The van der Waals surface area contributed by atoms with Crippen molar-refractivity contribution < 1.29 is 9.53 Å². The lowest BCUT2D eigenvalue weighted by molar-refractivity contribution is -0.121. The lowest BCUT2D eigenvalue weighted by Crippen LogP contribution is -2.31. The molecule has 0 heterocycles. The molecule has 1 aliphatic carbocycles. The minimum Gasteiger partial charge on any atom is -0.378 e. The number of nitrogens with one attached hydrogen (secondary N) is 1. The first-order valence-electron chi connectivity index (χ1n) is 6.86. The first-order chi connectivity index (χ1) is 8.27. The van der Waals surface area contributed by atoms with Gasteiger partial charge >= 0.3 is 0 Å². The van der Waals surface area contributed by atoms with E-state index in [1.54, 1.807) is 0 Å². The second-order valence-electron chi connectivity index (χ2n) is 4.72. The molecule has 1 atom stereocenters. The van der Waals surface area contributed by atoms with E-state index < -0.39 is 0 Å². The van der Waals surface area contributed by atoms with Crippen LogP contribution in [0.5, 0.6) is 0 Å². The Bertz CT molecular complexity index is 215. The van der Waals surface area contributed by atoms with Crippen molar-refractivity contribution in [3.8, 4) is 0 Å². The summed E-state index contributed by atoms with van der Waals surface area (Å²) in [5, 5.41) is 2.90. The average Bonchev–Trinajstić information content (AvgIpc) is 2.81. The van der Waals surface area contributed by atoms with Gasteiger partial charge in [0.25, 0.3) is 0 Å². The van der Waals surface area contributed by atoms with Gasteiger partial charge in [-0.15, -0.1) is 0 Å². The molecule has 1 fully saturated rings. The molecule has 4 heteroatoms. The molecule has 1 rings (SSSR count). The Kier molecular flexibility index (Phi) is 7.21. The van der Waals surface area contributed by atoms with Crippen molar-refractivity contribution in [2.75, 3.05) is 19.7 Å². The van der Waals surface area contributed by atoms with Gasteiger partial charge in [-0.1, -0.05) is 12.8 Å². The number of amides is 1. The van der Waals surface area contributed by atoms with E-state index in [-0.39, 0.29) is 5.91 Å². The first kappa shape index (κ1) is 14.5. The molecule has 0 aliphatic heterocycles. The maximum absolute atomic E-state index is 11.3. The Labute approximate surface area is 104 Å². The lowest BCUT2D eigenvalue weighted by Gasteiger charge is -2.23. The molecular weight excluding hydrogens is 216 g/mol. The second kappa shape index (κ2) is 8.48. The minimum absolute atomic E-state index is 0.0502. The molecule has 1 saturated carbocycles. The molecule has 0 aromatic heterocycles. The van der Waals surface area contributed by atoms with Crippen LogP contribution >= 0.6 is 0 Å². The summed E-state index contributed by atoms with van der Waals surface area (Å²) in [5.74, 6) is 0.746. The van der Waals surface area contributed by atoms with Crippen LogP contribution in [0.4, 0.5) is 0 Å². The van der Waals surface area contributed by atoms with Crippen LogP contribution in [-0.2, 0) is 9.53 Å². The molecule has 17 heavy (non-hydrogen) atoms. The molecule has 0 aromatic carbocycles. The van der Waals surface area contributed by atoms with Crippen molar-refractivity contribution in [2.45, 2.75) is 51.6 Å². The molecule has 4 nitrogen and oxygen atoms in total. The zero-order valence-corrected chi connectivity index (χ0v) is 10.9. The van der Waals surface area contributed by atoms with Gasteiger partial charge in [-0.25, -0.2) is 0 Å². The number of hydrogen-bond acceptors (Lipinski definition) is 3. The van der Waals surface area contributed by atoms with Crippen molar-refractivity contribution in [3.05, 3.63) is 0 Å². The number of nitrogens with two attached hydrogens (primary N) is 1. The van der Waals surface area contributed by atoms with Gasteiger partial charge in [0.05, 0.1) is 6.10 Å². The molecular formula is C13H26N2O2. The van der Waals surface area contributed by atoms with E-state index in [0.717, 1.165) is 13.0 Å².